The Morgan fingerprint density at radius 2 is 1.95 bits per heavy atom. The summed E-state index contributed by atoms with van der Waals surface area (Å²) in [6.07, 6.45) is -2.54. The van der Waals surface area contributed by atoms with Crippen molar-refractivity contribution in [3.63, 3.8) is 0 Å². The SMILES string of the molecule is COc1cc2c(cc1Nc1ncc3c(N)cc(=O)n(Cc4ccc(F)cc4C(F)(F)F)c3n1)CN(C)CC2. The van der Waals surface area contributed by atoms with Gasteiger partial charge >= 0.3 is 6.18 Å². The number of alkyl halides is 3. The number of benzene rings is 2. The predicted octanol–water partition coefficient (Wildman–Crippen LogP) is 4.32. The molecule has 0 radical (unpaired) electrons. The molecular formula is C26H24F4N6O2. The Morgan fingerprint density at radius 1 is 1.16 bits per heavy atom. The van der Waals surface area contributed by atoms with Gasteiger partial charge in [0, 0.05) is 31.0 Å². The zero-order valence-corrected chi connectivity index (χ0v) is 20.6. The van der Waals surface area contributed by atoms with Crippen molar-refractivity contribution in [1.82, 2.24) is 19.4 Å². The van der Waals surface area contributed by atoms with Gasteiger partial charge in [-0.05, 0) is 54.4 Å². The maximum absolute atomic E-state index is 13.6. The molecule has 38 heavy (non-hydrogen) atoms. The van der Waals surface area contributed by atoms with Crippen molar-refractivity contribution in [3.05, 3.63) is 81.0 Å². The molecule has 0 bridgehead atoms. The van der Waals surface area contributed by atoms with Crippen LogP contribution < -0.4 is 21.3 Å². The number of pyridine rings is 1. The highest BCUT2D eigenvalue weighted by Gasteiger charge is 2.34. The summed E-state index contributed by atoms with van der Waals surface area (Å²) in [6, 6.07) is 7.31. The molecule has 1 aliphatic heterocycles. The highest BCUT2D eigenvalue weighted by Crippen LogP contribution is 2.35. The molecule has 0 spiro atoms. The third-order valence-electron chi connectivity index (χ3n) is 6.56. The lowest BCUT2D eigenvalue weighted by Crippen LogP contribution is -2.26. The molecule has 5 rings (SSSR count). The number of nitrogens with two attached hydrogens (primary N) is 1. The van der Waals surface area contributed by atoms with Gasteiger partial charge in [-0.3, -0.25) is 9.36 Å². The molecule has 0 unspecified atom stereocenters. The number of hydrogen-bond donors (Lipinski definition) is 2. The van der Waals surface area contributed by atoms with Crippen LogP contribution in [0.2, 0.25) is 0 Å². The van der Waals surface area contributed by atoms with E-state index in [1.54, 1.807) is 7.11 Å². The third-order valence-corrected chi connectivity index (χ3v) is 6.56. The predicted molar refractivity (Wildman–Crippen MR) is 135 cm³/mol. The van der Waals surface area contributed by atoms with Crippen molar-refractivity contribution in [2.24, 2.45) is 0 Å². The number of likely N-dealkylation sites (N-methyl/N-ethyl adjacent to an activating group) is 1. The summed E-state index contributed by atoms with van der Waals surface area (Å²) in [5, 5.41) is 3.38. The molecule has 8 nitrogen and oxygen atoms in total. The molecule has 2 aromatic carbocycles. The van der Waals surface area contributed by atoms with Crippen molar-refractivity contribution in [2.45, 2.75) is 25.7 Å². The topological polar surface area (TPSA) is 98.3 Å². The van der Waals surface area contributed by atoms with E-state index in [-0.39, 0.29) is 28.2 Å². The quantitative estimate of drug-likeness (QED) is 0.373. The second kappa shape index (κ2) is 9.60. The van der Waals surface area contributed by atoms with Crippen molar-refractivity contribution < 1.29 is 22.3 Å². The Kier molecular flexibility index (Phi) is 6.43. The van der Waals surface area contributed by atoms with Gasteiger partial charge in [-0.15, -0.1) is 0 Å². The Bertz CT molecular complexity index is 1600. The van der Waals surface area contributed by atoms with E-state index in [4.69, 9.17) is 10.5 Å². The zero-order valence-electron chi connectivity index (χ0n) is 20.6. The highest BCUT2D eigenvalue weighted by atomic mass is 19.4. The van der Waals surface area contributed by atoms with Gasteiger partial charge in [0.15, 0.2) is 5.65 Å². The number of fused-ring (bicyclic) bond motifs is 2. The molecule has 12 heteroatoms. The Morgan fingerprint density at radius 3 is 2.68 bits per heavy atom. The number of halogens is 4. The number of rotatable bonds is 5. The van der Waals surface area contributed by atoms with Crippen LogP contribution in [-0.4, -0.2) is 40.1 Å². The number of ether oxygens (including phenoxy) is 1. The van der Waals surface area contributed by atoms with E-state index in [1.807, 2.05) is 19.2 Å². The standard InChI is InChI=1S/C26H24F4N6O2/c1-35-6-5-14-8-22(38-2)21(7-16(14)12-35)33-25-32-11-18-20(31)10-23(37)36(24(18)34-25)13-15-3-4-17(27)9-19(15)26(28,29)30/h3-4,7-11H,5-6,12-13,31H2,1-2H3,(H,32,33,34). The van der Waals surface area contributed by atoms with Crippen molar-refractivity contribution in [1.29, 1.82) is 0 Å². The maximum Gasteiger partial charge on any atom is 0.416 e. The van der Waals surface area contributed by atoms with Crippen LogP contribution in [0.25, 0.3) is 11.0 Å². The molecule has 3 N–H and O–H groups in total. The Balaban J connectivity index is 1.59. The number of methoxy groups -OCH3 is 1. The molecule has 0 aliphatic carbocycles. The van der Waals surface area contributed by atoms with Crippen LogP contribution in [0.5, 0.6) is 5.75 Å². The monoisotopic (exact) mass is 528 g/mol. The molecule has 4 aromatic rings. The average Bonchev–Trinajstić information content (AvgIpc) is 2.86. The van der Waals surface area contributed by atoms with Crippen molar-refractivity contribution in [3.8, 4) is 5.75 Å². The van der Waals surface area contributed by atoms with Crippen molar-refractivity contribution >= 4 is 28.4 Å². The first-order valence-electron chi connectivity index (χ1n) is 11.7. The zero-order chi connectivity index (χ0) is 27.2. The van der Waals surface area contributed by atoms with Crippen LogP contribution in [0.1, 0.15) is 22.3 Å². The van der Waals surface area contributed by atoms with Gasteiger partial charge in [0.25, 0.3) is 5.56 Å². The van der Waals surface area contributed by atoms with E-state index in [0.29, 0.717) is 17.5 Å². The number of aromatic nitrogens is 3. The maximum atomic E-state index is 13.6. The lowest BCUT2D eigenvalue weighted by atomic mass is 9.99. The summed E-state index contributed by atoms with van der Waals surface area (Å²) in [5.41, 5.74) is 6.87. The first-order valence-corrected chi connectivity index (χ1v) is 11.7. The fourth-order valence-corrected chi connectivity index (χ4v) is 4.62. The largest absolute Gasteiger partial charge is 0.495 e. The van der Waals surface area contributed by atoms with E-state index < -0.39 is 29.7 Å². The van der Waals surface area contributed by atoms with Gasteiger partial charge in [-0.1, -0.05) is 6.07 Å². The normalized spacial score (nSPS) is 13.9. The molecule has 0 amide bonds. The number of anilines is 3. The minimum Gasteiger partial charge on any atom is -0.495 e. The van der Waals surface area contributed by atoms with Crippen LogP contribution in [0.3, 0.4) is 0 Å². The van der Waals surface area contributed by atoms with Gasteiger partial charge in [0.05, 0.1) is 30.3 Å². The van der Waals surface area contributed by atoms with E-state index in [9.17, 15) is 22.4 Å². The van der Waals surface area contributed by atoms with Crippen molar-refractivity contribution in [2.75, 3.05) is 31.8 Å². The van der Waals surface area contributed by atoms with Crippen LogP contribution in [0.15, 0.2) is 47.4 Å². The lowest BCUT2D eigenvalue weighted by Gasteiger charge is -2.26. The Hall–Kier alpha value is -4.19. The fourth-order valence-electron chi connectivity index (χ4n) is 4.62. The summed E-state index contributed by atoms with van der Waals surface area (Å²) < 4.78 is 61.0. The minimum atomic E-state index is -4.82. The summed E-state index contributed by atoms with van der Waals surface area (Å²) in [6.45, 7) is 1.18. The first-order chi connectivity index (χ1) is 18.0. The number of hydrogen-bond acceptors (Lipinski definition) is 7. The highest BCUT2D eigenvalue weighted by molar-refractivity contribution is 5.88. The van der Waals surface area contributed by atoms with Crippen LogP contribution in [0.4, 0.5) is 34.9 Å². The van der Waals surface area contributed by atoms with Gasteiger partial charge in [-0.2, -0.15) is 18.2 Å². The summed E-state index contributed by atoms with van der Waals surface area (Å²) in [4.78, 5) is 23.8. The summed E-state index contributed by atoms with van der Waals surface area (Å²) >= 11 is 0. The molecule has 198 valence electrons. The fraction of sp³-hybridized carbons (Fsp3) is 0.269. The van der Waals surface area contributed by atoms with E-state index >= 15 is 0 Å². The van der Waals surface area contributed by atoms with Gasteiger partial charge in [0.1, 0.15) is 11.6 Å². The van der Waals surface area contributed by atoms with Gasteiger partial charge in [0.2, 0.25) is 5.95 Å². The molecule has 0 atom stereocenters. The van der Waals surface area contributed by atoms with Gasteiger partial charge < -0.3 is 20.7 Å². The summed E-state index contributed by atoms with van der Waals surface area (Å²) in [7, 11) is 3.57. The van der Waals surface area contributed by atoms with Crippen LogP contribution in [0, 0.1) is 5.82 Å². The van der Waals surface area contributed by atoms with E-state index in [0.717, 1.165) is 47.8 Å². The van der Waals surface area contributed by atoms with Crippen LogP contribution >= 0.6 is 0 Å². The summed E-state index contributed by atoms with van der Waals surface area (Å²) in [5.74, 6) is -0.369. The smallest absolute Gasteiger partial charge is 0.416 e. The molecule has 0 fully saturated rings. The first kappa shape index (κ1) is 25.5. The average molecular weight is 529 g/mol. The molecule has 0 saturated carbocycles. The molecule has 2 aromatic heterocycles. The molecule has 0 saturated heterocycles. The van der Waals surface area contributed by atoms with E-state index in [2.05, 4.69) is 20.2 Å². The Labute approximate surface area is 214 Å². The molecular weight excluding hydrogens is 504 g/mol. The second-order valence-corrected chi connectivity index (χ2v) is 9.19. The minimum absolute atomic E-state index is 0.0293. The van der Waals surface area contributed by atoms with E-state index in [1.165, 1.54) is 11.8 Å². The second-order valence-electron chi connectivity index (χ2n) is 9.19. The number of nitrogens with one attached hydrogen (secondary N) is 1. The lowest BCUT2D eigenvalue weighted by molar-refractivity contribution is -0.138. The number of nitrogen functional groups attached to an aromatic ring is 1. The molecule has 3 heterocycles. The van der Waals surface area contributed by atoms with Gasteiger partial charge in [-0.25, -0.2) is 9.37 Å². The number of nitrogens with zero attached hydrogens (tertiary/aromatic N) is 4. The third kappa shape index (κ3) is 4.86. The molecule has 1 aliphatic rings. The van der Waals surface area contributed by atoms with Crippen LogP contribution in [-0.2, 0) is 25.7 Å².